The largest absolute Gasteiger partial charge is 0.392 e. The predicted molar refractivity (Wildman–Crippen MR) is 42.1 cm³/mol. The molecular weight excluding hydrogens is 140 g/mol. The van der Waals surface area contributed by atoms with Crippen molar-refractivity contribution in [2.45, 2.75) is 50.7 Å². The van der Waals surface area contributed by atoms with Gasteiger partial charge in [0, 0.05) is 5.41 Å². The Morgan fingerprint density at radius 3 is 2.36 bits per heavy atom. The Morgan fingerprint density at radius 2 is 2.00 bits per heavy atom. The molecule has 0 bridgehead atoms. The van der Waals surface area contributed by atoms with Gasteiger partial charge in [0.2, 0.25) is 0 Å². The zero-order valence-electron chi connectivity index (χ0n) is 7.01. The van der Waals surface area contributed by atoms with Gasteiger partial charge in [-0.05, 0) is 26.2 Å². The third-order valence-corrected chi connectivity index (χ3v) is 3.60. The molecule has 0 aromatic heterocycles. The summed E-state index contributed by atoms with van der Waals surface area (Å²) in [5.41, 5.74) is -0.669. The molecule has 0 saturated heterocycles. The fourth-order valence-corrected chi connectivity index (χ4v) is 2.63. The van der Waals surface area contributed by atoms with Crippen LogP contribution in [0, 0.1) is 5.41 Å². The number of hydrogen-bond donors (Lipinski definition) is 2. The van der Waals surface area contributed by atoms with Gasteiger partial charge in [-0.15, -0.1) is 0 Å². The molecular formula is C9H16O2. The van der Waals surface area contributed by atoms with E-state index in [0.29, 0.717) is 0 Å². The quantitative estimate of drug-likeness (QED) is 0.550. The van der Waals surface area contributed by atoms with E-state index in [1.54, 1.807) is 0 Å². The van der Waals surface area contributed by atoms with Crippen LogP contribution in [0.1, 0.15) is 39.0 Å². The van der Waals surface area contributed by atoms with E-state index < -0.39 is 5.60 Å². The molecule has 0 radical (unpaired) electrons. The van der Waals surface area contributed by atoms with E-state index in [1.165, 1.54) is 6.42 Å². The molecule has 2 N–H and O–H groups in total. The van der Waals surface area contributed by atoms with Gasteiger partial charge in [-0.2, -0.15) is 0 Å². The minimum absolute atomic E-state index is 0.106. The first-order valence-corrected chi connectivity index (χ1v) is 4.49. The Hall–Kier alpha value is -0.0800. The molecule has 1 spiro atoms. The number of aliphatic hydroxyl groups is 2. The van der Waals surface area contributed by atoms with Crippen LogP contribution in [-0.2, 0) is 0 Å². The highest BCUT2D eigenvalue weighted by molar-refractivity contribution is 5.17. The van der Waals surface area contributed by atoms with Crippen molar-refractivity contribution < 1.29 is 10.2 Å². The van der Waals surface area contributed by atoms with Crippen molar-refractivity contribution in [3.8, 4) is 0 Å². The molecule has 2 saturated carbocycles. The Kier molecular flexibility index (Phi) is 1.37. The van der Waals surface area contributed by atoms with Gasteiger partial charge in [0.25, 0.3) is 0 Å². The Bertz CT molecular complexity index is 176. The zero-order chi connectivity index (χ0) is 8.11. The van der Waals surface area contributed by atoms with Crippen LogP contribution in [0.3, 0.4) is 0 Å². The highest BCUT2D eigenvalue weighted by atomic mass is 16.3. The van der Waals surface area contributed by atoms with Crippen molar-refractivity contribution in [3.05, 3.63) is 0 Å². The van der Waals surface area contributed by atoms with E-state index in [-0.39, 0.29) is 11.5 Å². The SMILES string of the molecule is C[C@@]1(O)C[C@@]12CCCC[C@H]2O. The first-order valence-electron chi connectivity index (χ1n) is 4.49. The molecule has 11 heavy (non-hydrogen) atoms. The van der Waals surface area contributed by atoms with E-state index in [2.05, 4.69) is 0 Å². The van der Waals surface area contributed by atoms with Crippen LogP contribution < -0.4 is 0 Å². The molecule has 2 heteroatoms. The van der Waals surface area contributed by atoms with Gasteiger partial charge in [-0.3, -0.25) is 0 Å². The molecule has 0 aromatic rings. The average Bonchev–Trinajstić information content (AvgIpc) is 2.45. The molecule has 3 atom stereocenters. The molecule has 2 aliphatic carbocycles. The summed E-state index contributed by atoms with van der Waals surface area (Å²) in [6, 6.07) is 0. The maximum absolute atomic E-state index is 9.72. The summed E-state index contributed by atoms with van der Waals surface area (Å²) in [5, 5.41) is 19.4. The second kappa shape index (κ2) is 1.99. The van der Waals surface area contributed by atoms with Crippen LogP contribution in [0.2, 0.25) is 0 Å². The molecule has 0 aromatic carbocycles. The van der Waals surface area contributed by atoms with E-state index in [1.807, 2.05) is 6.92 Å². The van der Waals surface area contributed by atoms with Crippen LogP contribution in [0.15, 0.2) is 0 Å². The lowest BCUT2D eigenvalue weighted by molar-refractivity contribution is -0.00522. The van der Waals surface area contributed by atoms with Gasteiger partial charge in [-0.1, -0.05) is 12.8 Å². The van der Waals surface area contributed by atoms with E-state index in [9.17, 15) is 10.2 Å². The van der Waals surface area contributed by atoms with Crippen LogP contribution in [0.25, 0.3) is 0 Å². The molecule has 0 unspecified atom stereocenters. The van der Waals surface area contributed by atoms with Crippen LogP contribution in [-0.4, -0.2) is 21.9 Å². The summed E-state index contributed by atoms with van der Waals surface area (Å²) in [7, 11) is 0. The van der Waals surface area contributed by atoms with Gasteiger partial charge < -0.3 is 10.2 Å². The van der Waals surface area contributed by atoms with Gasteiger partial charge in [-0.25, -0.2) is 0 Å². The molecule has 0 heterocycles. The van der Waals surface area contributed by atoms with E-state index in [4.69, 9.17) is 0 Å². The number of hydrogen-bond acceptors (Lipinski definition) is 2. The lowest BCUT2D eigenvalue weighted by Gasteiger charge is -2.29. The normalized spacial score (nSPS) is 56.5. The van der Waals surface area contributed by atoms with E-state index in [0.717, 1.165) is 25.7 Å². The molecule has 2 nitrogen and oxygen atoms in total. The Balaban J connectivity index is 2.13. The topological polar surface area (TPSA) is 40.5 Å². The molecule has 0 amide bonds. The smallest absolute Gasteiger partial charge is 0.0708 e. The minimum atomic E-state index is -0.563. The predicted octanol–water partition coefficient (Wildman–Crippen LogP) is 1.06. The summed E-state index contributed by atoms with van der Waals surface area (Å²) < 4.78 is 0. The molecule has 2 aliphatic rings. The summed E-state index contributed by atoms with van der Waals surface area (Å²) in [6.45, 7) is 1.85. The van der Waals surface area contributed by atoms with Crippen LogP contribution in [0.5, 0.6) is 0 Å². The summed E-state index contributed by atoms with van der Waals surface area (Å²) in [6.07, 6.45) is 4.76. The van der Waals surface area contributed by atoms with Gasteiger partial charge >= 0.3 is 0 Å². The standard InChI is InChI=1S/C9H16O2/c1-8(11)6-9(8)5-3-2-4-7(9)10/h7,10-11H,2-6H2,1H3/t7-,8-,9-/m1/s1. The van der Waals surface area contributed by atoms with Gasteiger partial charge in [0.15, 0.2) is 0 Å². The third kappa shape index (κ3) is 0.859. The van der Waals surface area contributed by atoms with Crippen LogP contribution in [0.4, 0.5) is 0 Å². The van der Waals surface area contributed by atoms with Gasteiger partial charge in [0.05, 0.1) is 11.7 Å². The maximum atomic E-state index is 9.72. The monoisotopic (exact) mass is 156 g/mol. The van der Waals surface area contributed by atoms with Gasteiger partial charge in [0.1, 0.15) is 0 Å². The van der Waals surface area contributed by atoms with Crippen LogP contribution >= 0.6 is 0 Å². The number of rotatable bonds is 0. The van der Waals surface area contributed by atoms with Crippen molar-refractivity contribution in [1.82, 2.24) is 0 Å². The summed E-state index contributed by atoms with van der Waals surface area (Å²) in [5.74, 6) is 0. The van der Waals surface area contributed by atoms with Crippen molar-refractivity contribution in [2.75, 3.05) is 0 Å². The van der Waals surface area contributed by atoms with Crippen molar-refractivity contribution in [2.24, 2.45) is 5.41 Å². The lowest BCUT2D eigenvalue weighted by Crippen LogP contribution is -2.33. The lowest BCUT2D eigenvalue weighted by atomic mass is 9.81. The second-order valence-corrected chi connectivity index (χ2v) is 4.37. The maximum Gasteiger partial charge on any atom is 0.0708 e. The zero-order valence-corrected chi connectivity index (χ0v) is 7.01. The first kappa shape index (κ1) is 7.56. The average molecular weight is 156 g/mol. The summed E-state index contributed by atoms with van der Waals surface area (Å²) in [4.78, 5) is 0. The van der Waals surface area contributed by atoms with E-state index >= 15 is 0 Å². The Morgan fingerprint density at radius 1 is 1.36 bits per heavy atom. The fourth-order valence-electron chi connectivity index (χ4n) is 2.63. The fraction of sp³-hybridized carbons (Fsp3) is 1.00. The highest BCUT2D eigenvalue weighted by Crippen LogP contribution is 2.63. The van der Waals surface area contributed by atoms with Crippen molar-refractivity contribution >= 4 is 0 Å². The number of aliphatic hydroxyl groups excluding tert-OH is 1. The van der Waals surface area contributed by atoms with Crippen molar-refractivity contribution in [3.63, 3.8) is 0 Å². The highest BCUT2D eigenvalue weighted by Gasteiger charge is 2.67. The molecule has 2 fully saturated rings. The molecule has 2 rings (SSSR count). The molecule has 0 aliphatic heterocycles. The van der Waals surface area contributed by atoms with Crippen molar-refractivity contribution in [1.29, 1.82) is 0 Å². The second-order valence-electron chi connectivity index (χ2n) is 4.37. The first-order chi connectivity index (χ1) is 5.08. The third-order valence-electron chi connectivity index (χ3n) is 3.60. The molecule has 64 valence electrons. The summed E-state index contributed by atoms with van der Waals surface area (Å²) >= 11 is 0. The Labute approximate surface area is 67.2 Å². The minimum Gasteiger partial charge on any atom is -0.392 e.